The smallest absolute Gasteiger partial charge is 0.273 e. The van der Waals surface area contributed by atoms with Crippen molar-refractivity contribution in [2.45, 2.75) is 39.5 Å². The number of fused-ring (bicyclic) bond motifs is 1. The fourth-order valence-electron chi connectivity index (χ4n) is 3.54. The highest BCUT2D eigenvalue weighted by atomic mass is 35.5. The SMILES string of the molecule is CC(C)(C)C(NC(=O)c1nn(Cc2ccc(F)cc2)c2c(F)cc(Cl)cc12)C(=O)NC[C@H](O)CO. The Kier molecular flexibility index (Phi) is 8.09. The molecule has 35 heavy (non-hydrogen) atoms. The van der Waals surface area contributed by atoms with E-state index in [2.05, 4.69) is 15.7 Å². The molecule has 3 rings (SSSR count). The summed E-state index contributed by atoms with van der Waals surface area (Å²) in [6, 6.07) is 7.06. The molecule has 2 aromatic carbocycles. The molecule has 0 fully saturated rings. The second-order valence-corrected chi connectivity index (χ2v) is 9.71. The number of aliphatic hydroxyl groups excluding tert-OH is 2. The van der Waals surface area contributed by atoms with Gasteiger partial charge in [0, 0.05) is 17.0 Å². The van der Waals surface area contributed by atoms with Crippen molar-refractivity contribution < 1.29 is 28.6 Å². The van der Waals surface area contributed by atoms with E-state index in [9.17, 15) is 23.5 Å². The normalized spacial score (nSPS) is 13.5. The fourth-order valence-corrected chi connectivity index (χ4v) is 3.74. The molecule has 0 aliphatic rings. The van der Waals surface area contributed by atoms with Gasteiger partial charge in [0.25, 0.3) is 5.91 Å². The van der Waals surface area contributed by atoms with Crippen LogP contribution in [0.5, 0.6) is 0 Å². The van der Waals surface area contributed by atoms with Crippen LogP contribution in [0.1, 0.15) is 36.8 Å². The number of carbonyl (C=O) groups excluding carboxylic acids is 2. The monoisotopic (exact) mass is 508 g/mol. The highest BCUT2D eigenvalue weighted by Crippen LogP contribution is 2.28. The van der Waals surface area contributed by atoms with Crippen molar-refractivity contribution >= 4 is 34.3 Å². The molecule has 2 atom stereocenters. The number of rotatable bonds is 8. The van der Waals surface area contributed by atoms with Gasteiger partial charge in [-0.2, -0.15) is 5.10 Å². The molecule has 0 saturated heterocycles. The van der Waals surface area contributed by atoms with Crippen LogP contribution in [0.3, 0.4) is 0 Å². The Morgan fingerprint density at radius 2 is 1.83 bits per heavy atom. The van der Waals surface area contributed by atoms with Gasteiger partial charge in [-0.15, -0.1) is 0 Å². The molecule has 1 heterocycles. The number of hydrogen-bond acceptors (Lipinski definition) is 5. The third-order valence-electron chi connectivity index (χ3n) is 5.35. The molecule has 0 saturated carbocycles. The third-order valence-corrected chi connectivity index (χ3v) is 5.57. The molecule has 0 bridgehead atoms. The average molecular weight is 509 g/mol. The Bertz CT molecular complexity index is 1220. The van der Waals surface area contributed by atoms with Crippen LogP contribution in [0, 0.1) is 17.0 Å². The van der Waals surface area contributed by atoms with Crippen molar-refractivity contribution in [3.63, 3.8) is 0 Å². The maximum absolute atomic E-state index is 14.9. The van der Waals surface area contributed by atoms with E-state index in [4.69, 9.17) is 16.7 Å². The van der Waals surface area contributed by atoms with Gasteiger partial charge in [0.1, 0.15) is 17.4 Å². The molecular formula is C24H27ClF2N4O4. The molecule has 0 aliphatic heterocycles. The molecule has 3 aromatic rings. The molecule has 0 aliphatic carbocycles. The molecular weight excluding hydrogens is 482 g/mol. The number of benzene rings is 2. The Hall–Kier alpha value is -3.08. The highest BCUT2D eigenvalue weighted by molar-refractivity contribution is 6.31. The van der Waals surface area contributed by atoms with E-state index in [1.54, 1.807) is 20.8 Å². The topological polar surface area (TPSA) is 116 Å². The summed E-state index contributed by atoms with van der Waals surface area (Å²) in [5.74, 6) is -2.41. The summed E-state index contributed by atoms with van der Waals surface area (Å²) in [6.45, 7) is 4.54. The van der Waals surface area contributed by atoms with Gasteiger partial charge in [-0.1, -0.05) is 44.5 Å². The quantitative estimate of drug-likeness (QED) is 0.373. The molecule has 1 aromatic heterocycles. The van der Waals surface area contributed by atoms with Crippen molar-refractivity contribution in [1.29, 1.82) is 0 Å². The van der Waals surface area contributed by atoms with Gasteiger partial charge >= 0.3 is 0 Å². The van der Waals surface area contributed by atoms with Crippen LogP contribution in [0.4, 0.5) is 8.78 Å². The predicted molar refractivity (Wildman–Crippen MR) is 127 cm³/mol. The summed E-state index contributed by atoms with van der Waals surface area (Å²) in [7, 11) is 0. The lowest BCUT2D eigenvalue weighted by atomic mass is 9.86. The van der Waals surface area contributed by atoms with Crippen molar-refractivity contribution in [3.8, 4) is 0 Å². The number of halogens is 3. The Morgan fingerprint density at radius 1 is 1.17 bits per heavy atom. The molecule has 0 spiro atoms. The number of aliphatic hydroxyl groups is 2. The molecule has 1 unspecified atom stereocenters. The van der Waals surface area contributed by atoms with E-state index in [0.29, 0.717) is 5.56 Å². The standard InChI is InChI=1S/C24H27ClF2N4O4/c1-24(2,3)21(23(35)28-10-16(33)12-32)29-22(34)19-17-8-14(25)9-18(27)20(17)31(30-19)11-13-4-6-15(26)7-5-13/h4-9,16,21,32-33H,10-12H2,1-3H3,(H,28,35)(H,29,34)/t16-,21?/m0/s1. The van der Waals surface area contributed by atoms with E-state index in [0.717, 1.165) is 6.07 Å². The minimum Gasteiger partial charge on any atom is -0.394 e. The number of amides is 2. The second-order valence-electron chi connectivity index (χ2n) is 9.27. The van der Waals surface area contributed by atoms with Crippen molar-refractivity contribution in [1.82, 2.24) is 20.4 Å². The Morgan fingerprint density at radius 3 is 2.43 bits per heavy atom. The zero-order chi connectivity index (χ0) is 25.9. The van der Waals surface area contributed by atoms with Gasteiger partial charge < -0.3 is 20.8 Å². The molecule has 0 radical (unpaired) electrons. The molecule has 4 N–H and O–H groups in total. The lowest BCUT2D eigenvalue weighted by Gasteiger charge is -2.30. The van der Waals surface area contributed by atoms with E-state index in [1.807, 2.05) is 0 Å². The minimum atomic E-state index is -1.15. The van der Waals surface area contributed by atoms with E-state index < -0.39 is 47.6 Å². The lowest BCUT2D eigenvalue weighted by Crippen LogP contribution is -2.54. The maximum atomic E-state index is 14.9. The van der Waals surface area contributed by atoms with Gasteiger partial charge in [0.2, 0.25) is 5.91 Å². The van der Waals surface area contributed by atoms with Crippen molar-refractivity contribution in [3.05, 3.63) is 64.3 Å². The highest BCUT2D eigenvalue weighted by Gasteiger charge is 2.34. The number of hydrogen-bond donors (Lipinski definition) is 4. The summed E-state index contributed by atoms with van der Waals surface area (Å²) < 4.78 is 29.5. The van der Waals surface area contributed by atoms with Crippen LogP contribution in [-0.2, 0) is 11.3 Å². The number of nitrogens with one attached hydrogen (secondary N) is 2. The van der Waals surface area contributed by atoms with Gasteiger partial charge in [-0.05, 0) is 35.2 Å². The number of carbonyl (C=O) groups is 2. The number of aromatic nitrogens is 2. The molecule has 11 heteroatoms. The van der Waals surface area contributed by atoms with Gasteiger partial charge in [0.15, 0.2) is 11.5 Å². The summed E-state index contributed by atoms with van der Waals surface area (Å²) in [6.07, 6.45) is -1.15. The lowest BCUT2D eigenvalue weighted by molar-refractivity contribution is -0.125. The van der Waals surface area contributed by atoms with Crippen LogP contribution in [-0.4, -0.2) is 57.1 Å². The zero-order valence-electron chi connectivity index (χ0n) is 19.5. The van der Waals surface area contributed by atoms with Crippen molar-refractivity contribution in [2.75, 3.05) is 13.2 Å². The van der Waals surface area contributed by atoms with Crippen LogP contribution >= 0.6 is 11.6 Å². The predicted octanol–water partition coefficient (Wildman–Crippen LogP) is 2.63. The van der Waals surface area contributed by atoms with Crippen LogP contribution in [0.25, 0.3) is 10.9 Å². The van der Waals surface area contributed by atoms with E-state index >= 15 is 0 Å². The summed E-state index contributed by atoms with van der Waals surface area (Å²) in [5.41, 5.74) is -0.210. The Balaban J connectivity index is 1.97. The zero-order valence-corrected chi connectivity index (χ0v) is 20.2. The Labute approximate surface area is 205 Å². The fraction of sp³-hybridized carbons (Fsp3) is 0.375. The molecule has 8 nitrogen and oxygen atoms in total. The largest absolute Gasteiger partial charge is 0.394 e. The van der Waals surface area contributed by atoms with Crippen LogP contribution in [0.2, 0.25) is 5.02 Å². The van der Waals surface area contributed by atoms with Crippen LogP contribution in [0.15, 0.2) is 36.4 Å². The molecule has 2 amide bonds. The third kappa shape index (κ3) is 6.33. The van der Waals surface area contributed by atoms with Crippen molar-refractivity contribution in [2.24, 2.45) is 5.41 Å². The van der Waals surface area contributed by atoms with Gasteiger partial charge in [-0.25, -0.2) is 8.78 Å². The summed E-state index contributed by atoms with van der Waals surface area (Å²) in [5, 5.41) is 28.1. The first-order chi connectivity index (χ1) is 16.4. The van der Waals surface area contributed by atoms with E-state index in [-0.39, 0.29) is 34.7 Å². The summed E-state index contributed by atoms with van der Waals surface area (Å²) in [4.78, 5) is 26.0. The minimum absolute atomic E-state index is 0.0340. The van der Waals surface area contributed by atoms with Crippen LogP contribution < -0.4 is 10.6 Å². The first-order valence-electron chi connectivity index (χ1n) is 10.9. The first kappa shape index (κ1) is 26.5. The van der Waals surface area contributed by atoms with Gasteiger partial charge in [0.05, 0.1) is 19.3 Å². The average Bonchev–Trinajstić information content (AvgIpc) is 3.14. The first-order valence-corrected chi connectivity index (χ1v) is 11.3. The number of nitrogens with zero attached hydrogens (tertiary/aromatic N) is 2. The summed E-state index contributed by atoms with van der Waals surface area (Å²) >= 11 is 6.04. The van der Waals surface area contributed by atoms with Gasteiger partial charge in [-0.3, -0.25) is 14.3 Å². The molecule has 188 valence electrons. The van der Waals surface area contributed by atoms with E-state index in [1.165, 1.54) is 35.0 Å². The maximum Gasteiger partial charge on any atom is 0.273 e. The second kappa shape index (κ2) is 10.7.